The molecule has 1 aliphatic rings. The maximum Gasteiger partial charge on any atom is 0.416 e. The first-order valence-corrected chi connectivity index (χ1v) is 9.85. The Kier molecular flexibility index (Phi) is 5.28. The molecule has 1 amide bonds. The lowest BCUT2D eigenvalue weighted by Gasteiger charge is -2.48. The molecule has 2 aromatic rings. The van der Waals surface area contributed by atoms with Crippen LogP contribution in [0.4, 0.5) is 10.5 Å². The molecule has 0 aromatic heterocycles. The van der Waals surface area contributed by atoms with Crippen molar-refractivity contribution in [1.82, 2.24) is 0 Å². The quantitative estimate of drug-likeness (QED) is 0.692. The van der Waals surface area contributed by atoms with Crippen molar-refractivity contribution in [2.24, 2.45) is 5.41 Å². The molecule has 0 bridgehead atoms. The van der Waals surface area contributed by atoms with Gasteiger partial charge in [0.15, 0.2) is 0 Å². The highest BCUT2D eigenvalue weighted by molar-refractivity contribution is 5.90. The Balaban J connectivity index is 2.19. The van der Waals surface area contributed by atoms with Crippen molar-refractivity contribution >= 4 is 11.8 Å². The van der Waals surface area contributed by atoms with E-state index < -0.39 is 17.9 Å². The van der Waals surface area contributed by atoms with E-state index in [4.69, 9.17) is 4.74 Å². The molecule has 3 atom stereocenters. The van der Waals surface area contributed by atoms with Crippen molar-refractivity contribution in [1.29, 1.82) is 0 Å². The zero-order valence-electron chi connectivity index (χ0n) is 17.6. The molecule has 1 heterocycles. The van der Waals surface area contributed by atoms with Crippen molar-refractivity contribution in [2.75, 3.05) is 4.90 Å². The number of carbonyl (C=O) groups is 1. The van der Waals surface area contributed by atoms with E-state index in [1.165, 1.54) is 4.90 Å². The van der Waals surface area contributed by atoms with Gasteiger partial charge >= 0.3 is 6.09 Å². The number of carbonyl (C=O) groups excluding carboxylic acids is 1. The summed E-state index contributed by atoms with van der Waals surface area (Å²) in [5.41, 5.74) is 2.03. The number of amides is 1. The van der Waals surface area contributed by atoms with Gasteiger partial charge in [-0.1, -0.05) is 69.3 Å². The summed E-state index contributed by atoms with van der Waals surface area (Å²) in [4.78, 5) is 14.5. The van der Waals surface area contributed by atoms with E-state index in [-0.39, 0.29) is 17.3 Å². The molecule has 150 valence electrons. The highest BCUT2D eigenvalue weighted by Gasteiger charge is 2.48. The molecule has 3 rings (SSSR count). The average Bonchev–Trinajstić information content (AvgIpc) is 2.58. The number of rotatable bonds is 1. The van der Waals surface area contributed by atoms with Gasteiger partial charge in [0.05, 0.1) is 5.69 Å². The molecule has 0 unspecified atom stereocenters. The summed E-state index contributed by atoms with van der Waals surface area (Å²) in [6.45, 7) is 12.0. The highest BCUT2D eigenvalue weighted by Crippen LogP contribution is 2.53. The van der Waals surface area contributed by atoms with Crippen LogP contribution in [0.25, 0.3) is 0 Å². The van der Waals surface area contributed by atoms with Gasteiger partial charge in [-0.3, -0.25) is 4.90 Å². The molecule has 2 aromatic carbocycles. The summed E-state index contributed by atoms with van der Waals surface area (Å²) in [6.07, 6.45) is -1.54. The van der Waals surface area contributed by atoms with Gasteiger partial charge < -0.3 is 9.84 Å². The zero-order chi connectivity index (χ0) is 20.7. The van der Waals surface area contributed by atoms with Crippen LogP contribution in [0.2, 0.25) is 0 Å². The summed E-state index contributed by atoms with van der Waals surface area (Å²) >= 11 is 0. The smallest absolute Gasteiger partial charge is 0.416 e. The molecule has 1 N–H and O–H groups in total. The lowest BCUT2D eigenvalue weighted by molar-refractivity contribution is 0.0357. The first kappa shape index (κ1) is 20.4. The third kappa shape index (κ3) is 3.93. The van der Waals surface area contributed by atoms with Gasteiger partial charge in [-0.25, -0.2) is 4.79 Å². The number of aliphatic hydroxyl groups is 1. The predicted octanol–water partition coefficient (Wildman–Crippen LogP) is 5.67. The number of aliphatic hydroxyl groups excluding tert-OH is 1. The van der Waals surface area contributed by atoms with Crippen LogP contribution >= 0.6 is 0 Å². The van der Waals surface area contributed by atoms with Gasteiger partial charge in [0.2, 0.25) is 0 Å². The molecular weight excluding hydrogens is 350 g/mol. The Morgan fingerprint density at radius 2 is 1.50 bits per heavy atom. The second kappa shape index (κ2) is 7.25. The Morgan fingerprint density at radius 1 is 0.929 bits per heavy atom. The minimum absolute atomic E-state index is 0.0415. The third-order valence-corrected chi connectivity index (χ3v) is 5.18. The summed E-state index contributed by atoms with van der Waals surface area (Å²) in [7, 11) is 0. The van der Waals surface area contributed by atoms with Crippen molar-refractivity contribution in [3.05, 3.63) is 65.7 Å². The zero-order valence-corrected chi connectivity index (χ0v) is 17.6. The van der Waals surface area contributed by atoms with Crippen LogP contribution < -0.4 is 4.90 Å². The van der Waals surface area contributed by atoms with E-state index in [1.807, 2.05) is 69.3 Å². The normalized spacial score (nSPS) is 22.5. The Labute approximate surface area is 168 Å². The molecule has 0 fully saturated rings. The van der Waals surface area contributed by atoms with Crippen molar-refractivity contribution < 1.29 is 14.6 Å². The summed E-state index contributed by atoms with van der Waals surface area (Å²) in [5.74, 6) is -0.219. The molecule has 0 radical (unpaired) electrons. The van der Waals surface area contributed by atoms with Gasteiger partial charge in [-0.2, -0.15) is 0 Å². The minimum atomic E-state index is -1.02. The maximum absolute atomic E-state index is 13.1. The van der Waals surface area contributed by atoms with Gasteiger partial charge in [-0.15, -0.1) is 0 Å². The number of anilines is 1. The van der Waals surface area contributed by atoms with Crippen LogP contribution in [0, 0.1) is 5.41 Å². The van der Waals surface area contributed by atoms with Crippen molar-refractivity contribution in [2.45, 2.75) is 65.2 Å². The number of fused-ring (bicyclic) bond motifs is 1. The number of hydrogen-bond acceptors (Lipinski definition) is 3. The monoisotopic (exact) mass is 381 g/mol. The molecule has 28 heavy (non-hydrogen) atoms. The van der Waals surface area contributed by atoms with Crippen LogP contribution in [0.5, 0.6) is 0 Å². The maximum atomic E-state index is 13.1. The number of para-hydroxylation sites is 1. The molecule has 4 nitrogen and oxygen atoms in total. The molecule has 0 saturated heterocycles. The summed E-state index contributed by atoms with van der Waals surface area (Å²) < 4.78 is 5.64. The summed E-state index contributed by atoms with van der Waals surface area (Å²) in [6, 6.07) is 17.8. The van der Waals surface area contributed by atoms with Crippen molar-refractivity contribution in [3.63, 3.8) is 0 Å². The first-order chi connectivity index (χ1) is 13.0. The second-order valence-corrected chi connectivity index (χ2v) is 9.60. The van der Waals surface area contributed by atoms with Crippen LogP contribution in [0.3, 0.4) is 0 Å². The van der Waals surface area contributed by atoms with E-state index in [0.29, 0.717) is 0 Å². The Hall–Kier alpha value is -2.33. The second-order valence-electron chi connectivity index (χ2n) is 9.60. The standard InChI is InChI=1S/C24H31NO3/c1-23(2,3)20-17-14-10-11-15-18(17)25(22(27)28-24(4,5)6)21(26)19(20)16-12-8-7-9-13-16/h7-15,19-21,26H,1-6H3/t19-,20+,21+/m0/s1. The number of ether oxygens (including phenoxy) is 1. The molecule has 1 aliphatic heterocycles. The topological polar surface area (TPSA) is 49.8 Å². The van der Waals surface area contributed by atoms with Gasteiger partial charge in [0.25, 0.3) is 0 Å². The fourth-order valence-corrected chi connectivity index (χ4v) is 4.20. The molecule has 0 aliphatic carbocycles. The van der Waals surface area contributed by atoms with Crippen LogP contribution in [-0.4, -0.2) is 23.0 Å². The average molecular weight is 382 g/mol. The Bertz CT molecular complexity index is 833. The minimum Gasteiger partial charge on any atom is -0.443 e. The molecule has 4 heteroatoms. The SMILES string of the molecule is CC(C)(C)OC(=O)N1c2ccccc2[C@@H](C(C)(C)C)[C@H](c2ccccc2)[C@H]1O. The van der Waals surface area contributed by atoms with Crippen LogP contribution in [0.15, 0.2) is 54.6 Å². The van der Waals surface area contributed by atoms with Gasteiger partial charge in [-0.05, 0) is 43.4 Å². The Morgan fingerprint density at radius 3 is 2.07 bits per heavy atom. The highest BCUT2D eigenvalue weighted by atomic mass is 16.6. The fraction of sp³-hybridized carbons (Fsp3) is 0.458. The van der Waals surface area contributed by atoms with Gasteiger partial charge in [0, 0.05) is 11.8 Å². The fourth-order valence-electron chi connectivity index (χ4n) is 4.20. The molecule has 0 saturated carbocycles. The summed E-state index contributed by atoms with van der Waals surface area (Å²) in [5, 5.41) is 11.5. The largest absolute Gasteiger partial charge is 0.443 e. The lowest BCUT2D eigenvalue weighted by Crippen LogP contribution is -2.52. The number of nitrogens with zero attached hydrogens (tertiary/aromatic N) is 1. The molecular formula is C24H31NO3. The van der Waals surface area contributed by atoms with E-state index in [9.17, 15) is 9.90 Å². The van der Waals surface area contributed by atoms with Crippen molar-refractivity contribution in [3.8, 4) is 0 Å². The van der Waals surface area contributed by atoms with E-state index >= 15 is 0 Å². The van der Waals surface area contributed by atoms with Crippen LogP contribution in [0.1, 0.15) is 64.5 Å². The van der Waals surface area contributed by atoms with E-state index in [1.54, 1.807) is 0 Å². The lowest BCUT2D eigenvalue weighted by atomic mass is 9.64. The predicted molar refractivity (Wildman–Crippen MR) is 113 cm³/mol. The molecule has 0 spiro atoms. The first-order valence-electron chi connectivity index (χ1n) is 9.85. The van der Waals surface area contributed by atoms with Crippen LogP contribution in [-0.2, 0) is 4.74 Å². The number of hydrogen-bond donors (Lipinski definition) is 1. The van der Waals surface area contributed by atoms with E-state index in [0.717, 1.165) is 16.8 Å². The van der Waals surface area contributed by atoms with E-state index in [2.05, 4.69) is 26.8 Å². The third-order valence-electron chi connectivity index (χ3n) is 5.18. The number of benzene rings is 2. The van der Waals surface area contributed by atoms with Gasteiger partial charge in [0.1, 0.15) is 11.8 Å².